The zero-order valence-corrected chi connectivity index (χ0v) is 14.4. The van der Waals surface area contributed by atoms with Gasteiger partial charge in [0.15, 0.2) is 0 Å². The maximum atomic E-state index is 12.4. The highest BCUT2D eigenvalue weighted by Gasteiger charge is 2.29. The molecule has 0 spiro atoms. The maximum absolute atomic E-state index is 12.4. The minimum atomic E-state index is -0.00329. The zero-order chi connectivity index (χ0) is 16.2. The van der Waals surface area contributed by atoms with Crippen molar-refractivity contribution in [2.45, 2.75) is 53.0 Å². The van der Waals surface area contributed by atoms with Gasteiger partial charge in [-0.2, -0.15) is 0 Å². The van der Waals surface area contributed by atoms with Crippen LogP contribution < -0.4 is 10.6 Å². The van der Waals surface area contributed by atoms with Gasteiger partial charge < -0.3 is 10.6 Å². The monoisotopic (exact) mass is 302 g/mol. The van der Waals surface area contributed by atoms with E-state index < -0.39 is 0 Å². The van der Waals surface area contributed by atoms with Crippen LogP contribution in [0, 0.1) is 18.3 Å². The van der Waals surface area contributed by atoms with Crippen LogP contribution in [0.25, 0.3) is 0 Å². The Labute approximate surface area is 134 Å². The van der Waals surface area contributed by atoms with Gasteiger partial charge in [-0.1, -0.05) is 45.0 Å². The van der Waals surface area contributed by atoms with Gasteiger partial charge in [0.1, 0.15) is 0 Å². The first-order valence-electron chi connectivity index (χ1n) is 8.43. The Morgan fingerprint density at radius 1 is 1.36 bits per heavy atom. The van der Waals surface area contributed by atoms with Crippen LogP contribution in [-0.4, -0.2) is 19.0 Å². The van der Waals surface area contributed by atoms with Crippen molar-refractivity contribution in [1.29, 1.82) is 0 Å². The molecule has 2 N–H and O–H groups in total. The lowest BCUT2D eigenvalue weighted by atomic mass is 9.80. The van der Waals surface area contributed by atoms with E-state index in [4.69, 9.17) is 0 Å². The third-order valence-corrected chi connectivity index (χ3v) is 4.61. The number of carbonyl (C=O) groups is 1. The van der Waals surface area contributed by atoms with E-state index in [1.165, 1.54) is 17.5 Å². The number of nitrogens with one attached hydrogen (secondary N) is 2. The zero-order valence-electron chi connectivity index (χ0n) is 14.4. The van der Waals surface area contributed by atoms with Crippen LogP contribution in [0.3, 0.4) is 0 Å². The topological polar surface area (TPSA) is 41.1 Å². The summed E-state index contributed by atoms with van der Waals surface area (Å²) < 4.78 is 0. The highest BCUT2D eigenvalue weighted by molar-refractivity contribution is 5.76. The summed E-state index contributed by atoms with van der Waals surface area (Å²) in [6.45, 7) is 10.8. The molecule has 2 unspecified atom stereocenters. The summed E-state index contributed by atoms with van der Waals surface area (Å²) >= 11 is 0. The second kappa shape index (κ2) is 7.28. The van der Waals surface area contributed by atoms with E-state index >= 15 is 0 Å². The van der Waals surface area contributed by atoms with Crippen molar-refractivity contribution in [3.05, 3.63) is 35.4 Å². The van der Waals surface area contributed by atoms with Crippen molar-refractivity contribution in [2.75, 3.05) is 13.1 Å². The molecule has 1 aromatic rings. The predicted octanol–water partition coefficient (Wildman–Crippen LogP) is 3.59. The molecule has 0 aromatic heterocycles. The maximum Gasteiger partial charge on any atom is 0.220 e. The predicted molar refractivity (Wildman–Crippen MR) is 91.7 cm³/mol. The minimum Gasteiger partial charge on any atom is -0.349 e. The summed E-state index contributed by atoms with van der Waals surface area (Å²) in [6.07, 6.45) is 2.82. The van der Waals surface area contributed by atoms with E-state index in [0.29, 0.717) is 12.3 Å². The van der Waals surface area contributed by atoms with E-state index in [0.717, 1.165) is 19.5 Å². The quantitative estimate of drug-likeness (QED) is 0.873. The smallest absolute Gasteiger partial charge is 0.220 e. The molecule has 3 nitrogen and oxygen atoms in total. The average Bonchev–Trinajstić information content (AvgIpc) is 2.95. The van der Waals surface area contributed by atoms with Gasteiger partial charge in [-0.3, -0.25) is 4.79 Å². The Morgan fingerprint density at radius 2 is 2.09 bits per heavy atom. The van der Waals surface area contributed by atoms with Crippen molar-refractivity contribution in [2.24, 2.45) is 11.3 Å². The molecule has 1 amide bonds. The van der Waals surface area contributed by atoms with Crippen LogP contribution >= 0.6 is 0 Å². The third kappa shape index (κ3) is 4.57. The van der Waals surface area contributed by atoms with E-state index in [-0.39, 0.29) is 17.4 Å². The van der Waals surface area contributed by atoms with Crippen molar-refractivity contribution >= 4 is 5.91 Å². The molecule has 1 aliphatic rings. The highest BCUT2D eigenvalue weighted by Crippen LogP contribution is 2.34. The molecular weight excluding hydrogens is 272 g/mol. The van der Waals surface area contributed by atoms with E-state index in [2.05, 4.69) is 56.5 Å². The number of rotatable bonds is 5. The molecule has 1 fully saturated rings. The lowest BCUT2D eigenvalue weighted by Gasteiger charge is -2.33. The van der Waals surface area contributed by atoms with Crippen LogP contribution in [0.5, 0.6) is 0 Å². The second-order valence-electron chi connectivity index (χ2n) is 7.62. The van der Waals surface area contributed by atoms with Crippen molar-refractivity contribution in [3.8, 4) is 0 Å². The first kappa shape index (κ1) is 17.0. The summed E-state index contributed by atoms with van der Waals surface area (Å²) in [7, 11) is 0. The Hall–Kier alpha value is -1.35. The molecule has 0 aliphatic carbocycles. The van der Waals surface area contributed by atoms with Gasteiger partial charge in [0.25, 0.3) is 0 Å². The van der Waals surface area contributed by atoms with Gasteiger partial charge >= 0.3 is 0 Å². The van der Waals surface area contributed by atoms with E-state index in [9.17, 15) is 4.79 Å². The Bertz CT molecular complexity index is 498. The van der Waals surface area contributed by atoms with Crippen LogP contribution in [0.4, 0.5) is 0 Å². The fraction of sp³-hybridized carbons (Fsp3) is 0.632. The van der Waals surface area contributed by atoms with Gasteiger partial charge in [-0.15, -0.1) is 0 Å². The summed E-state index contributed by atoms with van der Waals surface area (Å²) in [4.78, 5) is 12.4. The van der Waals surface area contributed by atoms with Crippen molar-refractivity contribution in [1.82, 2.24) is 10.6 Å². The molecule has 0 radical (unpaired) electrons. The Kier molecular flexibility index (Phi) is 5.63. The molecule has 1 heterocycles. The van der Waals surface area contributed by atoms with Crippen LogP contribution in [0.15, 0.2) is 24.3 Å². The van der Waals surface area contributed by atoms with Crippen molar-refractivity contribution in [3.63, 3.8) is 0 Å². The van der Waals surface area contributed by atoms with E-state index in [1.807, 2.05) is 6.07 Å². The fourth-order valence-corrected chi connectivity index (χ4v) is 3.20. The SMILES string of the molecule is Cc1ccccc1C(NC(=O)CCC1CCNC1)C(C)(C)C. The third-order valence-electron chi connectivity index (χ3n) is 4.61. The summed E-state index contributed by atoms with van der Waals surface area (Å²) in [6, 6.07) is 8.41. The van der Waals surface area contributed by atoms with Crippen LogP contribution in [0.2, 0.25) is 0 Å². The summed E-state index contributed by atoms with van der Waals surface area (Å²) in [5.74, 6) is 0.840. The first-order chi connectivity index (χ1) is 10.4. The van der Waals surface area contributed by atoms with Gasteiger partial charge in [-0.05, 0) is 55.3 Å². The number of carbonyl (C=O) groups excluding carboxylic acids is 1. The lowest BCUT2D eigenvalue weighted by Crippen LogP contribution is -2.37. The van der Waals surface area contributed by atoms with E-state index in [1.54, 1.807) is 0 Å². The minimum absolute atomic E-state index is 0.00329. The van der Waals surface area contributed by atoms with Gasteiger partial charge in [0.05, 0.1) is 6.04 Å². The molecule has 1 saturated heterocycles. The molecule has 22 heavy (non-hydrogen) atoms. The molecule has 0 bridgehead atoms. The summed E-state index contributed by atoms with van der Waals surface area (Å²) in [5, 5.41) is 6.64. The number of benzene rings is 1. The lowest BCUT2D eigenvalue weighted by molar-refractivity contribution is -0.122. The van der Waals surface area contributed by atoms with Gasteiger partial charge in [0, 0.05) is 6.42 Å². The highest BCUT2D eigenvalue weighted by atomic mass is 16.1. The number of hydrogen-bond acceptors (Lipinski definition) is 2. The fourth-order valence-electron chi connectivity index (χ4n) is 3.20. The normalized spacial score (nSPS) is 19.9. The average molecular weight is 302 g/mol. The molecule has 1 aromatic carbocycles. The molecule has 2 atom stereocenters. The number of hydrogen-bond donors (Lipinski definition) is 2. The molecule has 3 heteroatoms. The number of amides is 1. The standard InChI is InChI=1S/C19H30N2O/c1-14-7-5-6-8-16(14)18(19(2,3)4)21-17(22)10-9-15-11-12-20-13-15/h5-8,15,18,20H,9-13H2,1-4H3,(H,21,22). The molecule has 0 saturated carbocycles. The van der Waals surface area contributed by atoms with Crippen LogP contribution in [-0.2, 0) is 4.79 Å². The van der Waals surface area contributed by atoms with Crippen molar-refractivity contribution < 1.29 is 4.79 Å². The summed E-state index contributed by atoms with van der Waals surface area (Å²) in [5.41, 5.74) is 2.46. The molecule has 1 aliphatic heterocycles. The Balaban J connectivity index is 2.01. The van der Waals surface area contributed by atoms with Gasteiger partial charge in [0.2, 0.25) is 5.91 Å². The molecule has 122 valence electrons. The van der Waals surface area contributed by atoms with Crippen LogP contribution in [0.1, 0.15) is 57.2 Å². The second-order valence-corrected chi connectivity index (χ2v) is 7.62. The Morgan fingerprint density at radius 3 is 2.68 bits per heavy atom. The largest absolute Gasteiger partial charge is 0.349 e. The molecular formula is C19H30N2O. The molecule has 2 rings (SSSR count). The first-order valence-corrected chi connectivity index (χ1v) is 8.43. The number of aryl methyl sites for hydroxylation is 1. The van der Waals surface area contributed by atoms with Gasteiger partial charge in [-0.25, -0.2) is 0 Å².